The molecule has 0 saturated heterocycles. The van der Waals surface area contributed by atoms with Crippen LogP contribution in [0.25, 0.3) is 5.69 Å². The molecule has 1 aromatic heterocycles. The van der Waals surface area contributed by atoms with Crippen LogP contribution < -0.4 is 0 Å². The summed E-state index contributed by atoms with van der Waals surface area (Å²) < 4.78 is 2.41. The number of benzene rings is 1. The summed E-state index contributed by atoms with van der Waals surface area (Å²) in [5.74, 6) is 0.862. The lowest BCUT2D eigenvalue weighted by molar-refractivity contribution is 0.951. The lowest BCUT2D eigenvalue weighted by Gasteiger charge is -2.05. The van der Waals surface area contributed by atoms with E-state index in [0.717, 1.165) is 11.5 Å². The number of imidazole rings is 1. The molecule has 0 N–H and O–H groups in total. The van der Waals surface area contributed by atoms with Crippen LogP contribution in [0.4, 0.5) is 0 Å². The van der Waals surface area contributed by atoms with Gasteiger partial charge >= 0.3 is 0 Å². The van der Waals surface area contributed by atoms with Gasteiger partial charge in [0.25, 0.3) is 0 Å². The molecular weight excluding hydrogens is 228 g/mol. The maximum Gasteiger partial charge on any atom is 0.119 e. The zero-order valence-corrected chi connectivity index (χ0v) is 9.50. The summed E-state index contributed by atoms with van der Waals surface area (Å²) in [7, 11) is 0. The van der Waals surface area contributed by atoms with Crippen molar-refractivity contribution < 1.29 is 0 Å². The predicted molar refractivity (Wildman–Crippen MR) is 65.7 cm³/mol. The third-order valence-corrected chi connectivity index (χ3v) is 2.33. The van der Waals surface area contributed by atoms with Crippen molar-refractivity contribution in [3.05, 3.63) is 48.5 Å². The fraction of sp³-hybridized carbons (Fsp3) is 0.0909. The van der Waals surface area contributed by atoms with Crippen LogP contribution in [0, 0.1) is 0 Å². The summed E-state index contributed by atoms with van der Waals surface area (Å²) in [6.07, 6.45) is 4.16. The Morgan fingerprint density at radius 1 is 1.33 bits per heavy atom. The van der Waals surface area contributed by atoms with Gasteiger partial charge in [-0.25, -0.2) is 4.98 Å². The molecule has 0 aliphatic heterocycles. The second kappa shape index (κ2) is 4.55. The smallest absolute Gasteiger partial charge is 0.119 e. The molecule has 4 heteroatoms. The Morgan fingerprint density at radius 3 is 2.73 bits per heavy atom. The largest absolute Gasteiger partial charge is 0.303 e. The summed E-state index contributed by atoms with van der Waals surface area (Å²) in [6, 6.07) is 9.98. The first kappa shape index (κ1) is 10.3. The summed E-state index contributed by atoms with van der Waals surface area (Å²) in [5, 5.41) is 0. The quantitative estimate of drug-likeness (QED) is 0.602. The Hall–Kier alpha value is -1.19. The van der Waals surface area contributed by atoms with Gasteiger partial charge in [-0.05, 0) is 12.1 Å². The molecule has 0 aliphatic carbocycles. The number of halogens is 1. The fourth-order valence-electron chi connectivity index (χ4n) is 1.41. The highest BCUT2D eigenvalue weighted by Crippen LogP contribution is 2.11. The van der Waals surface area contributed by atoms with E-state index in [1.807, 2.05) is 41.1 Å². The van der Waals surface area contributed by atoms with Crippen molar-refractivity contribution in [1.29, 1.82) is 0 Å². The van der Waals surface area contributed by atoms with Gasteiger partial charge in [0.2, 0.25) is 0 Å². The lowest BCUT2D eigenvalue weighted by Crippen LogP contribution is -2.03. The van der Waals surface area contributed by atoms with Gasteiger partial charge in [-0.3, -0.25) is 0 Å². The standard InChI is InChI=1S/C11H9ClN2S/c12-10(15)8-11-13-6-7-14(11)9-4-2-1-3-5-9/h1-7H,8H2. The molecular formula is C11H9ClN2S. The zero-order chi connectivity index (χ0) is 10.7. The molecule has 0 atom stereocenters. The SMILES string of the molecule is S=C(Cl)Cc1nccn1-c1ccccc1. The maximum absolute atomic E-state index is 5.71. The van der Waals surface area contributed by atoms with Gasteiger partial charge in [-0.1, -0.05) is 42.0 Å². The van der Waals surface area contributed by atoms with Gasteiger partial charge < -0.3 is 4.57 Å². The number of nitrogens with zero attached hydrogens (tertiary/aromatic N) is 2. The van der Waals surface area contributed by atoms with Crippen LogP contribution in [0.5, 0.6) is 0 Å². The molecule has 1 heterocycles. The van der Waals surface area contributed by atoms with E-state index in [2.05, 4.69) is 4.98 Å². The minimum atomic E-state index is 0.429. The van der Waals surface area contributed by atoms with E-state index in [0.29, 0.717) is 10.7 Å². The van der Waals surface area contributed by atoms with Crippen LogP contribution in [0.3, 0.4) is 0 Å². The minimum Gasteiger partial charge on any atom is -0.303 e. The first-order chi connectivity index (χ1) is 7.27. The molecule has 15 heavy (non-hydrogen) atoms. The van der Waals surface area contributed by atoms with E-state index in [-0.39, 0.29) is 0 Å². The van der Waals surface area contributed by atoms with E-state index in [1.165, 1.54) is 0 Å². The number of hydrogen-bond acceptors (Lipinski definition) is 2. The topological polar surface area (TPSA) is 17.8 Å². The van der Waals surface area contributed by atoms with Crippen LogP contribution in [0.1, 0.15) is 5.82 Å². The monoisotopic (exact) mass is 236 g/mol. The van der Waals surface area contributed by atoms with Crippen LogP contribution in [-0.4, -0.2) is 13.9 Å². The Kier molecular flexibility index (Phi) is 3.14. The number of thiocarbonyl (C=S) groups is 1. The highest BCUT2D eigenvalue weighted by molar-refractivity contribution is 7.83. The average Bonchev–Trinajstić information content (AvgIpc) is 2.66. The first-order valence-corrected chi connectivity index (χ1v) is 5.32. The second-order valence-corrected chi connectivity index (χ2v) is 4.25. The van der Waals surface area contributed by atoms with Crippen LogP contribution in [0.15, 0.2) is 42.7 Å². The Morgan fingerprint density at radius 2 is 2.07 bits per heavy atom. The molecule has 0 fully saturated rings. The molecule has 0 amide bonds. The van der Waals surface area contributed by atoms with Crippen LogP contribution in [-0.2, 0) is 6.42 Å². The van der Waals surface area contributed by atoms with Gasteiger partial charge in [0.05, 0.1) is 10.7 Å². The Labute approximate surface area is 98.5 Å². The normalized spacial score (nSPS) is 10.2. The summed E-state index contributed by atoms with van der Waals surface area (Å²) in [6.45, 7) is 0. The average molecular weight is 237 g/mol. The van der Waals surface area contributed by atoms with Crippen molar-refractivity contribution >= 4 is 28.1 Å². The van der Waals surface area contributed by atoms with Crippen molar-refractivity contribution in [3.8, 4) is 5.69 Å². The van der Waals surface area contributed by atoms with Gasteiger partial charge in [0.15, 0.2) is 0 Å². The third kappa shape index (κ3) is 2.43. The maximum atomic E-state index is 5.71. The van der Waals surface area contributed by atoms with Gasteiger partial charge in [0, 0.05) is 18.1 Å². The van der Waals surface area contributed by atoms with Crippen LogP contribution >= 0.6 is 23.8 Å². The molecule has 0 spiro atoms. The molecule has 2 aromatic rings. The lowest BCUT2D eigenvalue weighted by atomic mass is 10.3. The van der Waals surface area contributed by atoms with Gasteiger partial charge in [-0.2, -0.15) is 0 Å². The molecule has 0 radical (unpaired) electrons. The minimum absolute atomic E-state index is 0.429. The number of rotatable bonds is 3. The summed E-state index contributed by atoms with van der Waals surface area (Å²) >= 11 is 10.6. The molecule has 76 valence electrons. The summed E-state index contributed by atoms with van der Waals surface area (Å²) in [4.78, 5) is 4.22. The molecule has 1 aromatic carbocycles. The fourth-order valence-corrected chi connectivity index (χ4v) is 1.66. The Bertz CT molecular complexity index is 464. The predicted octanol–water partition coefficient (Wildman–Crippen LogP) is 2.98. The van der Waals surface area contributed by atoms with Crippen LogP contribution in [0.2, 0.25) is 0 Å². The molecule has 0 bridgehead atoms. The second-order valence-electron chi connectivity index (χ2n) is 3.08. The van der Waals surface area contributed by atoms with E-state index >= 15 is 0 Å². The molecule has 0 unspecified atom stereocenters. The van der Waals surface area contributed by atoms with Crippen molar-refractivity contribution in [2.75, 3.05) is 0 Å². The summed E-state index contributed by atoms with van der Waals surface area (Å²) in [5.41, 5.74) is 1.07. The molecule has 2 nitrogen and oxygen atoms in total. The number of hydrogen-bond donors (Lipinski definition) is 0. The highest BCUT2D eigenvalue weighted by atomic mass is 35.5. The van der Waals surface area contributed by atoms with Gasteiger partial charge in [0.1, 0.15) is 5.82 Å². The van der Waals surface area contributed by atoms with E-state index in [1.54, 1.807) is 6.20 Å². The number of aromatic nitrogens is 2. The van der Waals surface area contributed by atoms with Crippen molar-refractivity contribution in [3.63, 3.8) is 0 Å². The third-order valence-electron chi connectivity index (χ3n) is 2.05. The molecule has 0 aliphatic rings. The van der Waals surface area contributed by atoms with E-state index in [4.69, 9.17) is 23.8 Å². The van der Waals surface area contributed by atoms with Gasteiger partial charge in [-0.15, -0.1) is 0 Å². The molecule has 2 rings (SSSR count). The van der Waals surface area contributed by atoms with E-state index in [9.17, 15) is 0 Å². The molecule has 0 saturated carbocycles. The number of para-hydroxylation sites is 1. The van der Waals surface area contributed by atoms with Crippen molar-refractivity contribution in [1.82, 2.24) is 9.55 Å². The Balaban J connectivity index is 2.37. The zero-order valence-electron chi connectivity index (χ0n) is 7.93. The van der Waals surface area contributed by atoms with Crippen molar-refractivity contribution in [2.45, 2.75) is 6.42 Å². The van der Waals surface area contributed by atoms with E-state index < -0.39 is 0 Å². The van der Waals surface area contributed by atoms with Crippen molar-refractivity contribution in [2.24, 2.45) is 0 Å². The first-order valence-electron chi connectivity index (χ1n) is 4.53. The highest BCUT2D eigenvalue weighted by Gasteiger charge is 2.05.